The fourth-order valence-corrected chi connectivity index (χ4v) is 3.21. The first kappa shape index (κ1) is 15.2. The van der Waals surface area contributed by atoms with Gasteiger partial charge in [0.2, 0.25) is 0 Å². The number of aromatic amines is 3. The Kier molecular flexibility index (Phi) is 4.27. The summed E-state index contributed by atoms with van der Waals surface area (Å²) >= 11 is 9.45. The van der Waals surface area contributed by atoms with Crippen molar-refractivity contribution in [1.29, 1.82) is 0 Å². The van der Waals surface area contributed by atoms with Crippen molar-refractivity contribution in [2.24, 2.45) is 0 Å². The summed E-state index contributed by atoms with van der Waals surface area (Å²) in [6.07, 6.45) is 0. The second-order valence-corrected chi connectivity index (χ2v) is 6.68. The minimum atomic E-state index is -0.337. The molecule has 0 aliphatic heterocycles. The van der Waals surface area contributed by atoms with Gasteiger partial charge >= 0.3 is 0 Å². The summed E-state index contributed by atoms with van der Waals surface area (Å²) in [5.74, 6) is 0.197. The van der Waals surface area contributed by atoms with Gasteiger partial charge < -0.3 is 9.97 Å². The van der Waals surface area contributed by atoms with Crippen molar-refractivity contribution in [2.75, 3.05) is 5.75 Å². The maximum absolute atomic E-state index is 12.1. The van der Waals surface area contributed by atoms with Crippen molar-refractivity contribution in [1.82, 2.24) is 19.9 Å². The van der Waals surface area contributed by atoms with E-state index in [1.807, 2.05) is 12.1 Å². The van der Waals surface area contributed by atoms with E-state index in [2.05, 4.69) is 35.9 Å². The van der Waals surface area contributed by atoms with E-state index in [4.69, 9.17) is 12.2 Å². The normalized spacial score (nSPS) is 11.0. The van der Waals surface area contributed by atoms with Crippen LogP contribution in [0, 0.1) is 4.77 Å². The Morgan fingerprint density at radius 2 is 2.14 bits per heavy atom. The van der Waals surface area contributed by atoms with Crippen LogP contribution in [0.25, 0.3) is 11.2 Å². The number of fused-ring (bicyclic) bond motifs is 1. The lowest BCUT2D eigenvalue weighted by Crippen LogP contribution is -2.07. The summed E-state index contributed by atoms with van der Waals surface area (Å²) < 4.78 is 1.07. The molecule has 0 spiro atoms. The van der Waals surface area contributed by atoms with E-state index >= 15 is 0 Å². The van der Waals surface area contributed by atoms with Crippen LogP contribution in [0.3, 0.4) is 0 Å². The van der Waals surface area contributed by atoms with Crippen molar-refractivity contribution >= 4 is 56.9 Å². The first-order chi connectivity index (χ1) is 10.5. The Balaban J connectivity index is 1.79. The predicted octanol–water partition coefficient (Wildman–Crippen LogP) is 3.05. The number of halogens is 1. The summed E-state index contributed by atoms with van der Waals surface area (Å²) in [5, 5.41) is 0.487. The zero-order valence-electron chi connectivity index (χ0n) is 11.0. The molecule has 3 N–H and O–H groups in total. The molecule has 3 aromatic rings. The number of nitrogens with zero attached hydrogens (tertiary/aromatic N) is 1. The van der Waals surface area contributed by atoms with Crippen LogP contribution in [0.15, 0.2) is 38.7 Å². The molecular formula is C13H9BrN4O2S2. The smallest absolute Gasteiger partial charge is 0.277 e. The second kappa shape index (κ2) is 6.19. The van der Waals surface area contributed by atoms with Crippen molar-refractivity contribution < 1.29 is 4.79 Å². The molecule has 112 valence electrons. The topological polar surface area (TPSA) is 94.4 Å². The third kappa shape index (κ3) is 3.21. The van der Waals surface area contributed by atoms with Crippen LogP contribution in [0.2, 0.25) is 0 Å². The molecule has 6 nitrogen and oxygen atoms in total. The maximum Gasteiger partial charge on any atom is 0.277 e. The van der Waals surface area contributed by atoms with Gasteiger partial charge in [0, 0.05) is 10.0 Å². The average molecular weight is 397 g/mol. The molecule has 0 radical (unpaired) electrons. The lowest BCUT2D eigenvalue weighted by molar-refractivity contribution is 0.102. The van der Waals surface area contributed by atoms with E-state index in [0.29, 0.717) is 21.9 Å². The Morgan fingerprint density at radius 3 is 2.91 bits per heavy atom. The van der Waals surface area contributed by atoms with E-state index in [-0.39, 0.29) is 21.9 Å². The van der Waals surface area contributed by atoms with Gasteiger partial charge in [0.15, 0.2) is 21.4 Å². The molecule has 0 aliphatic rings. The van der Waals surface area contributed by atoms with E-state index < -0.39 is 0 Å². The summed E-state index contributed by atoms with van der Waals surface area (Å²) in [7, 11) is 0. The molecule has 0 aliphatic carbocycles. The molecular weight excluding hydrogens is 388 g/mol. The average Bonchev–Trinajstić information content (AvgIpc) is 2.88. The van der Waals surface area contributed by atoms with Gasteiger partial charge in [0.1, 0.15) is 5.52 Å². The summed E-state index contributed by atoms with van der Waals surface area (Å²) in [4.78, 5) is 36.2. The van der Waals surface area contributed by atoms with Gasteiger partial charge in [-0.2, -0.15) is 0 Å². The van der Waals surface area contributed by atoms with Crippen LogP contribution in [0.5, 0.6) is 0 Å². The highest BCUT2D eigenvalue weighted by Gasteiger charge is 2.11. The van der Waals surface area contributed by atoms with Crippen LogP contribution in [-0.2, 0) is 0 Å². The first-order valence-electron chi connectivity index (χ1n) is 6.17. The van der Waals surface area contributed by atoms with Crippen molar-refractivity contribution in [3.8, 4) is 0 Å². The van der Waals surface area contributed by atoms with Crippen LogP contribution < -0.4 is 5.56 Å². The number of carbonyl (C=O) groups excluding carboxylic acids is 1. The zero-order chi connectivity index (χ0) is 15.7. The van der Waals surface area contributed by atoms with Gasteiger partial charge in [0.25, 0.3) is 5.56 Å². The fourth-order valence-electron chi connectivity index (χ4n) is 1.86. The molecule has 1 aromatic carbocycles. The van der Waals surface area contributed by atoms with E-state index in [1.165, 1.54) is 11.8 Å². The Labute approximate surface area is 141 Å². The number of imidazole rings is 1. The Hall–Kier alpha value is -1.71. The number of carbonyl (C=O) groups is 1. The standard InChI is InChI=1S/C13H9BrN4O2S2/c14-7-3-1-2-6(4-7)8(19)5-22-13-15-9-10(17-13)16-12(21)18-11(9)20/h1-4H,5H2,(H3,15,16,17,18,20,21). The largest absolute Gasteiger partial charge is 0.327 e. The lowest BCUT2D eigenvalue weighted by Gasteiger charge is -2.00. The van der Waals surface area contributed by atoms with Gasteiger partial charge in [-0.1, -0.05) is 39.8 Å². The summed E-state index contributed by atoms with van der Waals surface area (Å²) in [5.41, 5.74) is 0.976. The molecule has 0 unspecified atom stereocenters. The molecule has 2 aromatic heterocycles. The Bertz CT molecular complexity index is 976. The van der Waals surface area contributed by atoms with Crippen molar-refractivity contribution in [3.05, 3.63) is 49.4 Å². The van der Waals surface area contributed by atoms with Crippen LogP contribution in [-0.4, -0.2) is 31.5 Å². The van der Waals surface area contributed by atoms with Crippen LogP contribution >= 0.6 is 39.9 Å². The van der Waals surface area contributed by atoms with E-state index in [9.17, 15) is 9.59 Å². The second-order valence-electron chi connectivity index (χ2n) is 4.40. The quantitative estimate of drug-likeness (QED) is 0.357. The highest BCUT2D eigenvalue weighted by Crippen LogP contribution is 2.19. The molecule has 0 fully saturated rings. The number of Topliss-reactive ketones (excluding diaryl/α,β-unsaturated/α-hetero) is 1. The van der Waals surface area contributed by atoms with Crippen LogP contribution in [0.1, 0.15) is 10.4 Å². The van der Waals surface area contributed by atoms with E-state index in [1.54, 1.807) is 12.1 Å². The van der Waals surface area contributed by atoms with Crippen LogP contribution in [0.4, 0.5) is 0 Å². The minimum Gasteiger partial charge on any atom is -0.327 e. The molecule has 3 rings (SSSR count). The fraction of sp³-hybridized carbons (Fsp3) is 0.0769. The predicted molar refractivity (Wildman–Crippen MR) is 91.1 cm³/mol. The molecule has 0 amide bonds. The van der Waals surface area contributed by atoms with Crippen molar-refractivity contribution in [3.63, 3.8) is 0 Å². The Morgan fingerprint density at radius 1 is 1.32 bits per heavy atom. The number of ketones is 1. The maximum atomic E-state index is 12.1. The molecule has 0 saturated carbocycles. The number of hydrogen-bond donors (Lipinski definition) is 3. The van der Waals surface area contributed by atoms with Gasteiger partial charge in [0.05, 0.1) is 5.75 Å². The van der Waals surface area contributed by atoms with Gasteiger partial charge in [-0.25, -0.2) is 4.98 Å². The minimum absolute atomic E-state index is 0.0198. The SMILES string of the molecule is O=C(CSc1nc2[nH]c(=S)[nH]c(=O)c2[nH]1)c1cccc(Br)c1. The number of benzene rings is 1. The zero-order valence-corrected chi connectivity index (χ0v) is 14.2. The molecule has 0 saturated heterocycles. The monoisotopic (exact) mass is 396 g/mol. The van der Waals surface area contributed by atoms with Gasteiger partial charge in [-0.3, -0.25) is 14.6 Å². The van der Waals surface area contributed by atoms with E-state index in [0.717, 1.165) is 4.47 Å². The molecule has 2 heterocycles. The molecule has 9 heteroatoms. The summed E-state index contributed by atoms with van der Waals surface area (Å²) in [6.45, 7) is 0. The highest BCUT2D eigenvalue weighted by molar-refractivity contribution is 9.10. The molecule has 0 atom stereocenters. The number of hydrogen-bond acceptors (Lipinski definition) is 5. The lowest BCUT2D eigenvalue weighted by atomic mass is 10.2. The molecule has 0 bridgehead atoms. The number of nitrogens with one attached hydrogen (secondary N) is 3. The van der Waals surface area contributed by atoms with Gasteiger partial charge in [-0.15, -0.1) is 0 Å². The third-order valence-corrected chi connectivity index (χ3v) is 4.43. The number of aromatic nitrogens is 4. The summed E-state index contributed by atoms with van der Waals surface area (Å²) in [6, 6.07) is 7.19. The highest BCUT2D eigenvalue weighted by atomic mass is 79.9. The number of thioether (sulfide) groups is 1. The number of H-pyrrole nitrogens is 3. The number of rotatable bonds is 4. The third-order valence-electron chi connectivity index (χ3n) is 2.85. The van der Waals surface area contributed by atoms with Crippen molar-refractivity contribution in [2.45, 2.75) is 5.16 Å². The van der Waals surface area contributed by atoms with Gasteiger partial charge in [-0.05, 0) is 24.4 Å². The molecule has 22 heavy (non-hydrogen) atoms. The first-order valence-corrected chi connectivity index (χ1v) is 8.35.